The molecule has 4 rings (SSSR count). The number of benzene rings is 2. The van der Waals surface area contributed by atoms with Crippen molar-refractivity contribution in [2.75, 3.05) is 0 Å². The summed E-state index contributed by atoms with van der Waals surface area (Å²) < 4.78 is 0. The number of aryl methyl sites for hydroxylation is 1. The van der Waals surface area contributed by atoms with Crippen molar-refractivity contribution in [3.05, 3.63) is 93.8 Å². The first kappa shape index (κ1) is 20.4. The molecule has 0 radical (unpaired) electrons. The second kappa shape index (κ2) is 9.77. The van der Waals surface area contributed by atoms with E-state index in [9.17, 15) is 4.79 Å². The molecule has 3 aromatic rings. The van der Waals surface area contributed by atoms with Gasteiger partial charge in [0.25, 0.3) is 5.91 Å². The van der Waals surface area contributed by atoms with Gasteiger partial charge in [0, 0.05) is 16.3 Å². The maximum atomic E-state index is 13.2. The molecule has 0 spiro atoms. The zero-order chi connectivity index (χ0) is 20.8. The Hall–Kier alpha value is -2.85. The number of hydrogen-bond donors (Lipinski definition) is 2. The smallest absolute Gasteiger partial charge is 0.272 e. The lowest BCUT2D eigenvalue weighted by Gasteiger charge is -2.16. The Bertz CT molecular complexity index is 1030. The Morgan fingerprint density at radius 2 is 1.83 bits per heavy atom. The van der Waals surface area contributed by atoms with Gasteiger partial charge >= 0.3 is 0 Å². The minimum Gasteiger partial charge on any atom is -0.340 e. The number of aromatic amines is 1. The summed E-state index contributed by atoms with van der Waals surface area (Å²) in [6.07, 6.45) is 10.5. The van der Waals surface area contributed by atoms with Crippen molar-refractivity contribution in [3.8, 4) is 0 Å². The van der Waals surface area contributed by atoms with Gasteiger partial charge in [-0.15, -0.1) is 0 Å². The van der Waals surface area contributed by atoms with Gasteiger partial charge in [-0.25, -0.2) is 0 Å². The molecule has 0 saturated heterocycles. The number of carbonyl (C=O) groups excluding carboxylic acids is 1. The number of rotatable bonds is 5. The van der Waals surface area contributed by atoms with Crippen LogP contribution in [-0.4, -0.2) is 16.1 Å². The molecule has 0 bridgehead atoms. The molecule has 1 atom stereocenters. The average Bonchev–Trinajstić information content (AvgIpc) is 3.13. The summed E-state index contributed by atoms with van der Waals surface area (Å²) in [6, 6.07) is 17.3. The highest BCUT2D eigenvalue weighted by Crippen LogP contribution is 2.23. The van der Waals surface area contributed by atoms with Gasteiger partial charge < -0.3 is 5.32 Å². The fraction of sp³-hybridized carbons (Fsp3) is 0.280. The minimum atomic E-state index is -0.265. The molecule has 30 heavy (non-hydrogen) atoms. The van der Waals surface area contributed by atoms with Gasteiger partial charge in [-0.1, -0.05) is 79.1 Å². The first-order chi connectivity index (χ1) is 14.7. The number of hydrogen-bond acceptors (Lipinski definition) is 2. The van der Waals surface area contributed by atoms with Crippen LogP contribution < -0.4 is 5.32 Å². The van der Waals surface area contributed by atoms with Crippen molar-refractivity contribution in [2.24, 2.45) is 0 Å². The van der Waals surface area contributed by atoms with Gasteiger partial charge in [-0.05, 0) is 48.9 Å². The maximum absolute atomic E-state index is 13.2. The van der Waals surface area contributed by atoms with Crippen molar-refractivity contribution >= 4 is 23.6 Å². The van der Waals surface area contributed by atoms with E-state index in [0.717, 1.165) is 48.1 Å². The van der Waals surface area contributed by atoms with Gasteiger partial charge in [0.15, 0.2) is 5.69 Å². The Morgan fingerprint density at radius 3 is 2.63 bits per heavy atom. The van der Waals surface area contributed by atoms with E-state index in [2.05, 4.69) is 15.5 Å². The minimum absolute atomic E-state index is 0.141. The van der Waals surface area contributed by atoms with Crippen LogP contribution in [0.3, 0.4) is 0 Å². The second-order valence-corrected chi connectivity index (χ2v) is 8.16. The Balaban J connectivity index is 1.58. The van der Waals surface area contributed by atoms with Gasteiger partial charge in [-0.2, -0.15) is 5.10 Å². The standard InChI is InChI=1S/C25H26ClN3O/c26-20-12-8-9-18(17-20)15-16-22(19-10-4-3-5-11-19)27-25(30)24-21-13-6-1-2-7-14-23(21)28-29-24/h3-5,8-12,15-17,22H,1-2,6-7,13-14H2,(H,27,30)(H,28,29)/b16-15+/t22-/m1/s1. The van der Waals surface area contributed by atoms with E-state index < -0.39 is 0 Å². The molecule has 0 aliphatic heterocycles. The van der Waals surface area contributed by atoms with Crippen LogP contribution in [0.4, 0.5) is 0 Å². The molecule has 0 unspecified atom stereocenters. The highest BCUT2D eigenvalue weighted by atomic mass is 35.5. The number of nitrogens with zero attached hydrogens (tertiary/aromatic N) is 1. The molecule has 1 aromatic heterocycles. The van der Waals surface area contributed by atoms with E-state index in [0.29, 0.717) is 10.7 Å². The third-order valence-electron chi connectivity index (χ3n) is 5.55. The first-order valence-electron chi connectivity index (χ1n) is 10.6. The van der Waals surface area contributed by atoms with Crippen LogP contribution in [0.15, 0.2) is 60.7 Å². The molecule has 1 aliphatic carbocycles. The van der Waals surface area contributed by atoms with E-state index >= 15 is 0 Å². The molecule has 0 fully saturated rings. The zero-order valence-corrected chi connectivity index (χ0v) is 17.7. The van der Waals surface area contributed by atoms with Crippen LogP contribution in [0.25, 0.3) is 6.08 Å². The molecule has 154 valence electrons. The van der Waals surface area contributed by atoms with Gasteiger partial charge in [0.2, 0.25) is 0 Å². The van der Waals surface area contributed by atoms with Gasteiger partial charge in [0.1, 0.15) is 0 Å². The van der Waals surface area contributed by atoms with Crippen LogP contribution in [0.1, 0.15) is 64.6 Å². The molecule has 2 N–H and O–H groups in total. The van der Waals surface area contributed by atoms with Crippen molar-refractivity contribution in [2.45, 2.75) is 44.6 Å². The van der Waals surface area contributed by atoms with Crippen LogP contribution in [-0.2, 0) is 12.8 Å². The Kier molecular flexibility index (Phi) is 6.65. The summed E-state index contributed by atoms with van der Waals surface area (Å²) in [4.78, 5) is 13.2. The monoisotopic (exact) mass is 419 g/mol. The first-order valence-corrected chi connectivity index (χ1v) is 10.9. The number of H-pyrrole nitrogens is 1. The molecule has 4 nitrogen and oxygen atoms in total. The lowest BCUT2D eigenvalue weighted by Crippen LogP contribution is -2.28. The molecule has 1 heterocycles. The quantitative estimate of drug-likeness (QED) is 0.540. The summed E-state index contributed by atoms with van der Waals surface area (Å²) in [5.74, 6) is -0.141. The predicted molar refractivity (Wildman–Crippen MR) is 122 cm³/mol. The van der Waals surface area contributed by atoms with E-state index in [4.69, 9.17) is 11.6 Å². The summed E-state index contributed by atoms with van der Waals surface area (Å²) >= 11 is 6.11. The van der Waals surface area contributed by atoms with Crippen LogP contribution >= 0.6 is 11.6 Å². The largest absolute Gasteiger partial charge is 0.340 e. The van der Waals surface area contributed by atoms with E-state index in [1.165, 1.54) is 12.8 Å². The zero-order valence-electron chi connectivity index (χ0n) is 16.9. The fourth-order valence-corrected chi connectivity index (χ4v) is 4.15. The molecular formula is C25H26ClN3O. The SMILES string of the molecule is O=C(N[C@H](/C=C/c1cccc(Cl)c1)c1ccccc1)c1n[nH]c2c1CCCCCC2. The Morgan fingerprint density at radius 1 is 1.03 bits per heavy atom. The number of aromatic nitrogens is 2. The molecule has 1 amide bonds. The normalized spacial score (nSPS) is 15.2. The summed E-state index contributed by atoms with van der Waals surface area (Å²) in [5.41, 5.74) is 4.73. The van der Waals surface area contributed by atoms with Crippen LogP contribution in [0.5, 0.6) is 0 Å². The third-order valence-corrected chi connectivity index (χ3v) is 5.78. The predicted octanol–water partition coefficient (Wildman–Crippen LogP) is 5.91. The summed E-state index contributed by atoms with van der Waals surface area (Å²) in [6.45, 7) is 0. The summed E-state index contributed by atoms with van der Waals surface area (Å²) in [5, 5.41) is 11.3. The van der Waals surface area contributed by atoms with Gasteiger partial charge in [-0.3, -0.25) is 9.89 Å². The molecule has 1 aliphatic rings. The Labute approximate surface area is 182 Å². The molecule has 2 aromatic carbocycles. The molecule has 0 saturated carbocycles. The number of fused-ring (bicyclic) bond motifs is 1. The summed E-state index contributed by atoms with van der Waals surface area (Å²) in [7, 11) is 0. The average molecular weight is 420 g/mol. The van der Waals surface area contributed by atoms with Crippen LogP contribution in [0, 0.1) is 0 Å². The van der Waals surface area contributed by atoms with E-state index in [1.807, 2.05) is 66.7 Å². The molecule has 5 heteroatoms. The van der Waals surface area contributed by atoms with E-state index in [1.54, 1.807) is 0 Å². The van der Waals surface area contributed by atoms with Crippen molar-refractivity contribution in [3.63, 3.8) is 0 Å². The van der Waals surface area contributed by atoms with E-state index in [-0.39, 0.29) is 11.9 Å². The van der Waals surface area contributed by atoms with Crippen molar-refractivity contribution < 1.29 is 4.79 Å². The number of halogens is 1. The second-order valence-electron chi connectivity index (χ2n) is 7.72. The van der Waals surface area contributed by atoms with Crippen molar-refractivity contribution in [1.82, 2.24) is 15.5 Å². The van der Waals surface area contributed by atoms with Crippen molar-refractivity contribution in [1.29, 1.82) is 0 Å². The topological polar surface area (TPSA) is 57.8 Å². The maximum Gasteiger partial charge on any atom is 0.272 e. The van der Waals surface area contributed by atoms with Crippen LogP contribution in [0.2, 0.25) is 5.02 Å². The fourth-order valence-electron chi connectivity index (χ4n) is 3.95. The number of nitrogens with one attached hydrogen (secondary N) is 2. The third kappa shape index (κ3) is 5.00. The molecular weight excluding hydrogens is 394 g/mol. The number of amides is 1. The lowest BCUT2D eigenvalue weighted by molar-refractivity contribution is 0.0938. The highest BCUT2D eigenvalue weighted by Gasteiger charge is 2.22. The van der Waals surface area contributed by atoms with Gasteiger partial charge in [0.05, 0.1) is 6.04 Å². The lowest BCUT2D eigenvalue weighted by atomic mass is 9.96. The highest BCUT2D eigenvalue weighted by molar-refractivity contribution is 6.30. The number of carbonyl (C=O) groups is 1.